The van der Waals surface area contributed by atoms with Gasteiger partial charge in [-0.25, -0.2) is 0 Å². The fourth-order valence-corrected chi connectivity index (χ4v) is 3.36. The molecule has 0 atom stereocenters. The van der Waals surface area contributed by atoms with Crippen LogP contribution in [0.5, 0.6) is 0 Å². The number of hydrogen-bond donors (Lipinski definition) is 1. The van der Waals surface area contributed by atoms with E-state index in [4.69, 9.17) is 5.73 Å². The highest BCUT2D eigenvalue weighted by Crippen LogP contribution is 2.28. The summed E-state index contributed by atoms with van der Waals surface area (Å²) in [4.78, 5) is 2.41. The van der Waals surface area contributed by atoms with Crippen LogP contribution in [0.4, 0.5) is 5.69 Å². The standard InChI is InChI=1S/C21H26N2/c1-16-8-9-20(15-21(16)22)17(2)23-12-10-19(11-13-23)14-18-6-4-3-5-7-18/h3-9,15,19H,2,10-14,22H2,1H3. The number of nitrogens with two attached hydrogens (primary N) is 1. The van der Waals surface area contributed by atoms with Crippen LogP contribution < -0.4 is 5.73 Å². The monoisotopic (exact) mass is 306 g/mol. The van der Waals surface area contributed by atoms with Crippen molar-refractivity contribution in [2.75, 3.05) is 18.8 Å². The first kappa shape index (κ1) is 15.7. The molecule has 1 aliphatic rings. The predicted molar refractivity (Wildman–Crippen MR) is 99.1 cm³/mol. The van der Waals surface area contributed by atoms with Gasteiger partial charge in [-0.1, -0.05) is 49.0 Å². The number of rotatable bonds is 4. The molecule has 120 valence electrons. The largest absolute Gasteiger partial charge is 0.398 e. The number of piperidine rings is 1. The lowest BCUT2D eigenvalue weighted by Crippen LogP contribution is -2.32. The third-order valence-corrected chi connectivity index (χ3v) is 4.98. The normalized spacial score (nSPS) is 15.6. The fourth-order valence-electron chi connectivity index (χ4n) is 3.36. The van der Waals surface area contributed by atoms with E-state index in [1.54, 1.807) is 0 Å². The van der Waals surface area contributed by atoms with Gasteiger partial charge in [-0.15, -0.1) is 0 Å². The Bertz CT molecular complexity index is 667. The molecule has 3 rings (SSSR count). The molecule has 0 aliphatic carbocycles. The summed E-state index contributed by atoms with van der Waals surface area (Å²) in [6.45, 7) is 8.51. The minimum atomic E-state index is 0.782. The van der Waals surface area contributed by atoms with Crippen molar-refractivity contribution < 1.29 is 0 Å². The van der Waals surface area contributed by atoms with Crippen LogP contribution in [0, 0.1) is 12.8 Å². The molecule has 1 heterocycles. The molecule has 2 nitrogen and oxygen atoms in total. The van der Waals surface area contributed by atoms with E-state index in [2.05, 4.69) is 53.9 Å². The molecule has 0 unspecified atom stereocenters. The maximum atomic E-state index is 6.04. The summed E-state index contributed by atoms with van der Waals surface area (Å²) in [6.07, 6.45) is 3.66. The van der Waals surface area contributed by atoms with Crippen LogP contribution in [0.25, 0.3) is 5.70 Å². The van der Waals surface area contributed by atoms with E-state index in [0.717, 1.165) is 41.5 Å². The highest BCUT2D eigenvalue weighted by molar-refractivity contribution is 5.66. The topological polar surface area (TPSA) is 29.3 Å². The maximum absolute atomic E-state index is 6.04. The molecule has 1 fully saturated rings. The molecule has 0 amide bonds. The van der Waals surface area contributed by atoms with E-state index >= 15 is 0 Å². The Balaban J connectivity index is 1.58. The summed E-state index contributed by atoms with van der Waals surface area (Å²) in [6, 6.07) is 17.1. The SMILES string of the molecule is C=C(c1ccc(C)c(N)c1)N1CCC(Cc2ccccc2)CC1. The Kier molecular flexibility index (Phi) is 4.71. The van der Waals surface area contributed by atoms with Crippen molar-refractivity contribution in [3.8, 4) is 0 Å². The maximum Gasteiger partial charge on any atom is 0.0367 e. The molecule has 0 aromatic heterocycles. The quantitative estimate of drug-likeness (QED) is 0.843. The molecule has 23 heavy (non-hydrogen) atoms. The molecule has 2 aromatic rings. The fraction of sp³-hybridized carbons (Fsp3) is 0.333. The highest BCUT2D eigenvalue weighted by Gasteiger charge is 2.21. The summed E-state index contributed by atoms with van der Waals surface area (Å²) in [5.74, 6) is 0.782. The Morgan fingerprint density at radius 1 is 1.13 bits per heavy atom. The average Bonchev–Trinajstić information content (AvgIpc) is 2.58. The van der Waals surface area contributed by atoms with Crippen molar-refractivity contribution in [3.63, 3.8) is 0 Å². The van der Waals surface area contributed by atoms with Gasteiger partial charge in [-0.05, 0) is 54.9 Å². The second kappa shape index (κ2) is 6.91. The van der Waals surface area contributed by atoms with Crippen LogP contribution in [-0.4, -0.2) is 18.0 Å². The lowest BCUT2D eigenvalue weighted by atomic mass is 9.89. The Morgan fingerprint density at radius 2 is 1.83 bits per heavy atom. The summed E-state index contributed by atoms with van der Waals surface area (Å²) < 4.78 is 0. The van der Waals surface area contributed by atoms with Gasteiger partial charge in [-0.3, -0.25) is 0 Å². The average molecular weight is 306 g/mol. The molecule has 2 heteroatoms. The van der Waals surface area contributed by atoms with Crippen LogP contribution >= 0.6 is 0 Å². The van der Waals surface area contributed by atoms with Crippen molar-refractivity contribution in [2.45, 2.75) is 26.2 Å². The van der Waals surface area contributed by atoms with Crippen LogP contribution in [0.15, 0.2) is 55.1 Å². The van der Waals surface area contributed by atoms with Crippen molar-refractivity contribution >= 4 is 11.4 Å². The van der Waals surface area contributed by atoms with Crippen molar-refractivity contribution in [1.29, 1.82) is 0 Å². The molecule has 1 aliphatic heterocycles. The lowest BCUT2D eigenvalue weighted by Gasteiger charge is -2.35. The van der Waals surface area contributed by atoms with Gasteiger partial charge in [0.15, 0.2) is 0 Å². The number of benzene rings is 2. The number of nitrogens with zero attached hydrogens (tertiary/aromatic N) is 1. The first-order valence-corrected chi connectivity index (χ1v) is 8.48. The second-order valence-electron chi connectivity index (χ2n) is 6.64. The van der Waals surface area contributed by atoms with Gasteiger partial charge in [0.25, 0.3) is 0 Å². The molecule has 2 N–H and O–H groups in total. The molecule has 0 bridgehead atoms. The number of hydrogen-bond acceptors (Lipinski definition) is 2. The van der Waals surface area contributed by atoms with Crippen LogP contribution in [0.2, 0.25) is 0 Å². The molecule has 0 saturated carbocycles. The zero-order chi connectivity index (χ0) is 16.2. The zero-order valence-corrected chi connectivity index (χ0v) is 14.0. The van der Waals surface area contributed by atoms with Crippen LogP contribution in [0.3, 0.4) is 0 Å². The van der Waals surface area contributed by atoms with Crippen molar-refractivity contribution in [3.05, 3.63) is 71.8 Å². The first-order valence-electron chi connectivity index (χ1n) is 8.48. The van der Waals surface area contributed by atoms with Gasteiger partial charge >= 0.3 is 0 Å². The third kappa shape index (κ3) is 3.76. The lowest BCUT2D eigenvalue weighted by molar-refractivity contribution is 0.254. The molecular weight excluding hydrogens is 280 g/mol. The molecule has 0 radical (unpaired) electrons. The molecule has 0 spiro atoms. The van der Waals surface area contributed by atoms with Gasteiger partial charge in [0.2, 0.25) is 0 Å². The van der Waals surface area contributed by atoms with Gasteiger partial charge in [0, 0.05) is 24.5 Å². The number of likely N-dealkylation sites (tertiary alicyclic amines) is 1. The first-order chi connectivity index (χ1) is 11.1. The smallest absolute Gasteiger partial charge is 0.0367 e. The van der Waals surface area contributed by atoms with Gasteiger partial charge in [0.1, 0.15) is 0 Å². The Labute approximate surface area is 139 Å². The Morgan fingerprint density at radius 3 is 2.48 bits per heavy atom. The van der Waals surface area contributed by atoms with Gasteiger partial charge in [-0.2, -0.15) is 0 Å². The molecule has 2 aromatic carbocycles. The number of anilines is 1. The van der Waals surface area contributed by atoms with E-state index in [9.17, 15) is 0 Å². The van der Waals surface area contributed by atoms with Crippen molar-refractivity contribution in [1.82, 2.24) is 4.90 Å². The summed E-state index contributed by atoms with van der Waals surface area (Å²) in [7, 11) is 0. The van der Waals surface area contributed by atoms with E-state index in [-0.39, 0.29) is 0 Å². The third-order valence-electron chi connectivity index (χ3n) is 4.98. The number of aryl methyl sites for hydroxylation is 1. The molecule has 1 saturated heterocycles. The summed E-state index contributed by atoms with van der Waals surface area (Å²) in [5.41, 5.74) is 11.7. The van der Waals surface area contributed by atoms with Crippen LogP contribution in [-0.2, 0) is 6.42 Å². The Hall–Kier alpha value is -2.22. The van der Waals surface area contributed by atoms with Crippen molar-refractivity contribution in [2.24, 2.45) is 5.92 Å². The summed E-state index contributed by atoms with van der Waals surface area (Å²) >= 11 is 0. The van der Waals surface area contributed by atoms with Gasteiger partial charge in [0.05, 0.1) is 0 Å². The second-order valence-corrected chi connectivity index (χ2v) is 6.64. The zero-order valence-electron chi connectivity index (χ0n) is 14.0. The predicted octanol–water partition coefficient (Wildman–Crippen LogP) is 4.50. The van der Waals surface area contributed by atoms with Gasteiger partial charge < -0.3 is 10.6 Å². The highest BCUT2D eigenvalue weighted by atomic mass is 15.1. The number of nitrogen functional groups attached to an aromatic ring is 1. The minimum Gasteiger partial charge on any atom is -0.398 e. The van der Waals surface area contributed by atoms with E-state index in [1.165, 1.54) is 24.8 Å². The van der Waals surface area contributed by atoms with E-state index in [1.807, 2.05) is 13.0 Å². The van der Waals surface area contributed by atoms with E-state index in [0.29, 0.717) is 0 Å². The summed E-state index contributed by atoms with van der Waals surface area (Å²) in [5, 5.41) is 0. The molecular formula is C21H26N2. The van der Waals surface area contributed by atoms with Crippen LogP contribution in [0.1, 0.15) is 29.5 Å². The van der Waals surface area contributed by atoms with E-state index < -0.39 is 0 Å². The minimum absolute atomic E-state index is 0.782.